The van der Waals surface area contributed by atoms with Crippen molar-refractivity contribution in [1.82, 2.24) is 15.2 Å². The molecule has 18 heavy (non-hydrogen) atoms. The Labute approximate surface area is 111 Å². The summed E-state index contributed by atoms with van der Waals surface area (Å²) in [5.41, 5.74) is 0.494. The predicted octanol–water partition coefficient (Wildman–Crippen LogP) is 1.12. The van der Waals surface area contributed by atoms with Crippen molar-refractivity contribution in [3.8, 4) is 0 Å². The summed E-state index contributed by atoms with van der Waals surface area (Å²) in [5.74, 6) is -0.123. The van der Waals surface area contributed by atoms with Gasteiger partial charge < -0.3 is 15.0 Å². The van der Waals surface area contributed by atoms with Gasteiger partial charge in [-0.1, -0.05) is 11.6 Å². The Bertz CT molecular complexity index is 402. The number of hydrogen-bond acceptors (Lipinski definition) is 3. The summed E-state index contributed by atoms with van der Waals surface area (Å²) in [6, 6.07) is 1.72. The van der Waals surface area contributed by atoms with Crippen LogP contribution in [0.4, 0.5) is 0 Å². The molecule has 0 aromatic carbocycles. The van der Waals surface area contributed by atoms with E-state index in [9.17, 15) is 4.79 Å². The number of amides is 1. The summed E-state index contributed by atoms with van der Waals surface area (Å²) in [7, 11) is 0. The minimum Gasteiger partial charge on any atom is -0.379 e. The fourth-order valence-corrected chi connectivity index (χ4v) is 2.18. The first-order chi connectivity index (χ1) is 8.65. The second kappa shape index (κ2) is 6.22. The molecule has 2 heterocycles. The minimum atomic E-state index is -0.123. The smallest absolute Gasteiger partial charge is 0.267 e. The van der Waals surface area contributed by atoms with Gasteiger partial charge in [-0.05, 0) is 13.0 Å². The summed E-state index contributed by atoms with van der Waals surface area (Å²) in [6.45, 7) is 6.23. The SMILES string of the molecule is C[C@@H](CN1CCOCC1)NC(=O)c1cc(Cl)c[nH]1. The van der Waals surface area contributed by atoms with E-state index in [1.165, 1.54) is 0 Å². The van der Waals surface area contributed by atoms with E-state index in [4.69, 9.17) is 16.3 Å². The second-order valence-corrected chi connectivity index (χ2v) is 4.96. The molecular weight excluding hydrogens is 254 g/mol. The molecule has 1 aromatic rings. The quantitative estimate of drug-likeness (QED) is 0.863. The first kappa shape index (κ1) is 13.4. The van der Waals surface area contributed by atoms with E-state index in [-0.39, 0.29) is 11.9 Å². The van der Waals surface area contributed by atoms with E-state index in [1.807, 2.05) is 6.92 Å². The maximum absolute atomic E-state index is 11.9. The van der Waals surface area contributed by atoms with Gasteiger partial charge in [-0.2, -0.15) is 0 Å². The van der Waals surface area contributed by atoms with Crippen LogP contribution >= 0.6 is 11.6 Å². The number of carbonyl (C=O) groups excluding carboxylic acids is 1. The lowest BCUT2D eigenvalue weighted by atomic mass is 10.2. The van der Waals surface area contributed by atoms with Gasteiger partial charge in [0.2, 0.25) is 0 Å². The van der Waals surface area contributed by atoms with Gasteiger partial charge in [0.1, 0.15) is 5.69 Å². The van der Waals surface area contributed by atoms with Gasteiger partial charge in [0, 0.05) is 31.9 Å². The molecule has 100 valence electrons. The van der Waals surface area contributed by atoms with Crippen molar-refractivity contribution >= 4 is 17.5 Å². The Morgan fingerprint density at radius 2 is 2.33 bits per heavy atom. The van der Waals surface area contributed by atoms with Crippen molar-refractivity contribution in [3.63, 3.8) is 0 Å². The van der Waals surface area contributed by atoms with Gasteiger partial charge in [0.25, 0.3) is 5.91 Å². The maximum atomic E-state index is 11.9. The van der Waals surface area contributed by atoms with E-state index >= 15 is 0 Å². The molecule has 6 heteroatoms. The third kappa shape index (κ3) is 3.73. The zero-order valence-corrected chi connectivity index (χ0v) is 11.2. The Balaban J connectivity index is 1.79. The Hall–Kier alpha value is -1.04. The molecule has 1 fully saturated rings. The largest absolute Gasteiger partial charge is 0.379 e. The monoisotopic (exact) mass is 271 g/mol. The molecule has 0 saturated carbocycles. The van der Waals surface area contributed by atoms with Crippen molar-refractivity contribution in [3.05, 3.63) is 23.0 Å². The number of nitrogens with one attached hydrogen (secondary N) is 2. The first-order valence-corrected chi connectivity index (χ1v) is 6.48. The molecule has 0 radical (unpaired) electrons. The van der Waals surface area contributed by atoms with E-state index in [0.29, 0.717) is 10.7 Å². The van der Waals surface area contributed by atoms with E-state index in [0.717, 1.165) is 32.8 Å². The first-order valence-electron chi connectivity index (χ1n) is 6.10. The molecule has 1 amide bonds. The molecular formula is C12H18ClN3O2. The van der Waals surface area contributed by atoms with Crippen LogP contribution in [0.3, 0.4) is 0 Å². The number of rotatable bonds is 4. The molecule has 1 aliphatic heterocycles. The molecule has 2 rings (SSSR count). The Morgan fingerprint density at radius 3 is 2.94 bits per heavy atom. The van der Waals surface area contributed by atoms with Gasteiger partial charge in [-0.3, -0.25) is 9.69 Å². The molecule has 0 spiro atoms. The van der Waals surface area contributed by atoms with Crippen molar-refractivity contribution in [2.45, 2.75) is 13.0 Å². The average molecular weight is 272 g/mol. The molecule has 0 aliphatic carbocycles. The van der Waals surface area contributed by atoms with Crippen molar-refractivity contribution in [1.29, 1.82) is 0 Å². The van der Waals surface area contributed by atoms with Crippen LogP contribution in [-0.4, -0.2) is 54.7 Å². The fraction of sp³-hybridized carbons (Fsp3) is 0.583. The van der Waals surface area contributed by atoms with Gasteiger partial charge in [0.05, 0.1) is 18.2 Å². The number of hydrogen-bond donors (Lipinski definition) is 2. The van der Waals surface area contributed by atoms with E-state index in [1.54, 1.807) is 12.3 Å². The Morgan fingerprint density at radius 1 is 1.61 bits per heavy atom. The molecule has 2 N–H and O–H groups in total. The highest BCUT2D eigenvalue weighted by Crippen LogP contribution is 2.09. The number of morpholine rings is 1. The number of nitrogens with zero attached hydrogens (tertiary/aromatic N) is 1. The van der Waals surface area contributed by atoms with Crippen LogP contribution in [0.15, 0.2) is 12.3 Å². The number of ether oxygens (including phenoxy) is 1. The summed E-state index contributed by atoms with van der Waals surface area (Å²) in [5, 5.41) is 3.49. The van der Waals surface area contributed by atoms with Crippen LogP contribution in [0.1, 0.15) is 17.4 Å². The third-order valence-corrected chi connectivity index (χ3v) is 3.12. The number of aromatic amines is 1. The zero-order chi connectivity index (χ0) is 13.0. The van der Waals surface area contributed by atoms with Crippen LogP contribution in [0, 0.1) is 0 Å². The highest BCUT2D eigenvalue weighted by Gasteiger charge is 2.16. The normalized spacial score (nSPS) is 18.6. The van der Waals surface area contributed by atoms with Gasteiger partial charge >= 0.3 is 0 Å². The predicted molar refractivity (Wildman–Crippen MR) is 70.0 cm³/mol. The zero-order valence-electron chi connectivity index (χ0n) is 10.4. The maximum Gasteiger partial charge on any atom is 0.267 e. The molecule has 5 nitrogen and oxygen atoms in total. The molecule has 1 aromatic heterocycles. The van der Waals surface area contributed by atoms with Gasteiger partial charge in [0.15, 0.2) is 0 Å². The lowest BCUT2D eigenvalue weighted by Gasteiger charge is -2.29. The molecule has 1 aliphatic rings. The lowest BCUT2D eigenvalue weighted by Crippen LogP contribution is -2.46. The summed E-state index contributed by atoms with van der Waals surface area (Å²) >= 11 is 5.76. The standard InChI is InChI=1S/C12H18ClN3O2/c1-9(8-16-2-4-18-5-3-16)15-12(17)11-6-10(13)7-14-11/h6-7,9,14H,2-5,8H2,1H3,(H,15,17)/t9-/m0/s1. The van der Waals surface area contributed by atoms with Crippen LogP contribution in [0.2, 0.25) is 5.02 Å². The minimum absolute atomic E-state index is 0.0951. The molecule has 1 saturated heterocycles. The lowest BCUT2D eigenvalue weighted by molar-refractivity contribution is 0.0342. The summed E-state index contributed by atoms with van der Waals surface area (Å²) < 4.78 is 5.29. The highest BCUT2D eigenvalue weighted by atomic mass is 35.5. The van der Waals surface area contributed by atoms with Crippen molar-refractivity contribution in [2.75, 3.05) is 32.8 Å². The summed E-state index contributed by atoms with van der Waals surface area (Å²) in [6.07, 6.45) is 1.60. The summed E-state index contributed by atoms with van der Waals surface area (Å²) in [4.78, 5) is 17.0. The highest BCUT2D eigenvalue weighted by molar-refractivity contribution is 6.30. The number of halogens is 1. The number of H-pyrrole nitrogens is 1. The number of aromatic nitrogens is 1. The topological polar surface area (TPSA) is 57.4 Å². The van der Waals surface area contributed by atoms with E-state index in [2.05, 4.69) is 15.2 Å². The molecule has 0 unspecified atom stereocenters. The van der Waals surface area contributed by atoms with Crippen LogP contribution < -0.4 is 5.32 Å². The van der Waals surface area contributed by atoms with Gasteiger partial charge in [-0.15, -0.1) is 0 Å². The molecule has 1 atom stereocenters. The second-order valence-electron chi connectivity index (χ2n) is 4.52. The Kier molecular flexibility index (Phi) is 4.63. The third-order valence-electron chi connectivity index (χ3n) is 2.91. The average Bonchev–Trinajstić information content (AvgIpc) is 2.77. The fourth-order valence-electron chi connectivity index (χ4n) is 2.02. The van der Waals surface area contributed by atoms with Crippen molar-refractivity contribution < 1.29 is 9.53 Å². The number of carbonyl (C=O) groups is 1. The van der Waals surface area contributed by atoms with E-state index < -0.39 is 0 Å². The van der Waals surface area contributed by atoms with Gasteiger partial charge in [-0.25, -0.2) is 0 Å². The van der Waals surface area contributed by atoms with Crippen LogP contribution in [-0.2, 0) is 4.74 Å². The van der Waals surface area contributed by atoms with Crippen LogP contribution in [0.5, 0.6) is 0 Å². The molecule has 0 bridgehead atoms. The van der Waals surface area contributed by atoms with Crippen LogP contribution in [0.25, 0.3) is 0 Å². The van der Waals surface area contributed by atoms with Crippen molar-refractivity contribution in [2.24, 2.45) is 0 Å².